The van der Waals surface area contributed by atoms with Crippen molar-refractivity contribution in [3.8, 4) is 0 Å². The summed E-state index contributed by atoms with van der Waals surface area (Å²) in [5.74, 6) is -0.281. The number of benzene rings is 2. The van der Waals surface area contributed by atoms with Crippen LogP contribution in [0.4, 0.5) is 5.69 Å². The van der Waals surface area contributed by atoms with Gasteiger partial charge in [0, 0.05) is 30.6 Å². The number of halogens is 1. The van der Waals surface area contributed by atoms with Crippen LogP contribution in [-0.2, 0) is 26.2 Å². The van der Waals surface area contributed by atoms with E-state index in [2.05, 4.69) is 5.32 Å². The van der Waals surface area contributed by atoms with Crippen molar-refractivity contribution in [2.24, 2.45) is 0 Å². The number of aryl methyl sites for hydroxylation is 1. The van der Waals surface area contributed by atoms with Crippen molar-refractivity contribution in [3.63, 3.8) is 0 Å². The first kappa shape index (κ1) is 29.0. The molecule has 202 valence electrons. The van der Waals surface area contributed by atoms with E-state index < -0.39 is 16.1 Å². The zero-order chi connectivity index (χ0) is 27.0. The number of nitrogens with zero attached hydrogens (tertiary/aromatic N) is 2. The van der Waals surface area contributed by atoms with Gasteiger partial charge in [0.15, 0.2) is 0 Å². The van der Waals surface area contributed by atoms with Gasteiger partial charge in [0.05, 0.1) is 11.9 Å². The lowest BCUT2D eigenvalue weighted by Crippen LogP contribution is -2.51. The lowest BCUT2D eigenvalue weighted by atomic mass is 10.0. The average molecular weight is 548 g/mol. The molecule has 3 rings (SSSR count). The van der Waals surface area contributed by atoms with Gasteiger partial charge in [-0.2, -0.15) is 0 Å². The topological polar surface area (TPSA) is 86.8 Å². The highest BCUT2D eigenvalue weighted by Crippen LogP contribution is 2.23. The third kappa shape index (κ3) is 8.20. The molecule has 1 saturated carbocycles. The number of nitrogens with one attached hydrogen (secondary N) is 1. The number of carbonyl (C=O) groups excluding carboxylic acids is 2. The van der Waals surface area contributed by atoms with Crippen LogP contribution in [0.15, 0.2) is 48.5 Å². The summed E-state index contributed by atoms with van der Waals surface area (Å²) < 4.78 is 26.2. The molecule has 1 N–H and O–H groups in total. The summed E-state index contributed by atoms with van der Waals surface area (Å²) in [6.45, 7) is 4.39. The lowest BCUT2D eigenvalue weighted by molar-refractivity contribution is -0.141. The quantitative estimate of drug-likeness (QED) is 0.402. The highest BCUT2D eigenvalue weighted by Gasteiger charge is 2.31. The van der Waals surface area contributed by atoms with Crippen LogP contribution in [0.5, 0.6) is 0 Å². The van der Waals surface area contributed by atoms with Crippen molar-refractivity contribution in [2.75, 3.05) is 17.1 Å². The Bertz CT molecular complexity index is 1160. The fourth-order valence-electron chi connectivity index (χ4n) is 4.87. The molecule has 0 radical (unpaired) electrons. The van der Waals surface area contributed by atoms with Crippen LogP contribution in [0.3, 0.4) is 0 Å². The molecule has 9 heteroatoms. The normalized spacial score (nSPS) is 14.8. The molecule has 1 fully saturated rings. The second-order valence-corrected chi connectivity index (χ2v) is 12.1. The SMILES string of the molecule is CCC(C(=O)NC1CCCC1)N(Cc1ccccc1C)C(=O)CCCN(c1ccc(Cl)cc1)S(C)(=O)=O. The van der Waals surface area contributed by atoms with Crippen LogP contribution in [-0.4, -0.2) is 50.0 Å². The van der Waals surface area contributed by atoms with E-state index in [0.717, 1.165) is 43.1 Å². The number of hydrogen-bond acceptors (Lipinski definition) is 4. The molecule has 1 atom stereocenters. The van der Waals surface area contributed by atoms with Gasteiger partial charge in [0.2, 0.25) is 21.8 Å². The lowest BCUT2D eigenvalue weighted by Gasteiger charge is -2.32. The Morgan fingerprint density at radius 2 is 1.73 bits per heavy atom. The maximum Gasteiger partial charge on any atom is 0.243 e. The molecular formula is C28H38ClN3O4S. The molecule has 1 aliphatic rings. The van der Waals surface area contributed by atoms with Crippen LogP contribution < -0.4 is 9.62 Å². The fourth-order valence-corrected chi connectivity index (χ4v) is 5.96. The van der Waals surface area contributed by atoms with Crippen LogP contribution >= 0.6 is 11.6 Å². The van der Waals surface area contributed by atoms with Crippen molar-refractivity contribution in [2.45, 2.75) is 77.4 Å². The van der Waals surface area contributed by atoms with E-state index in [9.17, 15) is 18.0 Å². The van der Waals surface area contributed by atoms with E-state index in [0.29, 0.717) is 30.1 Å². The minimum atomic E-state index is -3.55. The predicted octanol–water partition coefficient (Wildman–Crippen LogP) is 5.06. The van der Waals surface area contributed by atoms with Crippen molar-refractivity contribution in [1.82, 2.24) is 10.2 Å². The molecule has 1 unspecified atom stereocenters. The number of amides is 2. The fraction of sp³-hybridized carbons (Fsp3) is 0.500. The van der Waals surface area contributed by atoms with Gasteiger partial charge in [-0.3, -0.25) is 13.9 Å². The second kappa shape index (κ2) is 13.3. The molecule has 2 aromatic carbocycles. The number of rotatable bonds is 12. The molecule has 0 saturated heterocycles. The molecule has 0 heterocycles. The first-order valence-corrected chi connectivity index (χ1v) is 15.2. The molecule has 0 bridgehead atoms. The Hall–Kier alpha value is -2.58. The number of sulfonamides is 1. The van der Waals surface area contributed by atoms with E-state index in [4.69, 9.17) is 11.6 Å². The summed E-state index contributed by atoms with van der Waals surface area (Å²) in [7, 11) is -3.55. The van der Waals surface area contributed by atoms with Gasteiger partial charge >= 0.3 is 0 Å². The Morgan fingerprint density at radius 3 is 2.32 bits per heavy atom. The van der Waals surface area contributed by atoms with Gasteiger partial charge in [-0.1, -0.05) is 55.6 Å². The largest absolute Gasteiger partial charge is 0.352 e. The van der Waals surface area contributed by atoms with Gasteiger partial charge in [-0.05, 0) is 68.0 Å². The molecule has 37 heavy (non-hydrogen) atoms. The van der Waals surface area contributed by atoms with Gasteiger partial charge < -0.3 is 10.2 Å². The van der Waals surface area contributed by atoms with Gasteiger partial charge in [0.25, 0.3) is 0 Å². The second-order valence-electron chi connectivity index (χ2n) is 9.78. The maximum atomic E-state index is 13.6. The number of anilines is 1. The molecule has 0 spiro atoms. The third-order valence-corrected chi connectivity index (χ3v) is 8.40. The summed E-state index contributed by atoms with van der Waals surface area (Å²) in [5.41, 5.74) is 2.54. The molecule has 2 aromatic rings. The number of hydrogen-bond donors (Lipinski definition) is 1. The standard InChI is InChI=1S/C28H38ClN3O4S/c1-4-26(28(34)30-24-12-7-8-13-24)31(20-22-11-6-5-10-21(22)2)27(33)14-9-19-32(37(3,35)36)25-17-15-23(29)16-18-25/h5-6,10-11,15-18,24,26H,4,7-9,12-14,19-20H2,1-3H3,(H,30,34). The molecule has 0 aromatic heterocycles. The minimum absolute atomic E-state index is 0.115. The maximum absolute atomic E-state index is 13.6. The van der Waals surface area contributed by atoms with E-state index >= 15 is 0 Å². The smallest absolute Gasteiger partial charge is 0.243 e. The van der Waals surface area contributed by atoms with E-state index in [1.165, 1.54) is 4.31 Å². The highest BCUT2D eigenvalue weighted by atomic mass is 35.5. The summed E-state index contributed by atoms with van der Waals surface area (Å²) in [6.07, 6.45) is 6.25. The summed E-state index contributed by atoms with van der Waals surface area (Å²) >= 11 is 5.96. The number of carbonyl (C=O) groups is 2. The molecule has 1 aliphatic carbocycles. The Labute approximate surface area is 226 Å². The van der Waals surface area contributed by atoms with Crippen molar-refractivity contribution < 1.29 is 18.0 Å². The zero-order valence-corrected chi connectivity index (χ0v) is 23.5. The van der Waals surface area contributed by atoms with E-state index in [-0.39, 0.29) is 30.8 Å². The average Bonchev–Trinajstić information content (AvgIpc) is 3.36. The van der Waals surface area contributed by atoms with Crippen LogP contribution in [0.1, 0.15) is 63.0 Å². The Morgan fingerprint density at radius 1 is 1.08 bits per heavy atom. The molecular weight excluding hydrogens is 510 g/mol. The van der Waals surface area contributed by atoms with Crippen molar-refractivity contribution in [3.05, 3.63) is 64.7 Å². The van der Waals surface area contributed by atoms with Crippen LogP contribution in [0.25, 0.3) is 0 Å². The van der Waals surface area contributed by atoms with E-state index in [1.807, 2.05) is 38.1 Å². The Kier molecular flexibility index (Phi) is 10.4. The summed E-state index contributed by atoms with van der Waals surface area (Å²) in [6, 6.07) is 14.0. The first-order valence-electron chi connectivity index (χ1n) is 13.0. The Balaban J connectivity index is 1.76. The molecule has 0 aliphatic heterocycles. The minimum Gasteiger partial charge on any atom is -0.352 e. The van der Waals surface area contributed by atoms with Crippen LogP contribution in [0.2, 0.25) is 5.02 Å². The third-order valence-electron chi connectivity index (χ3n) is 6.96. The summed E-state index contributed by atoms with van der Waals surface area (Å²) in [4.78, 5) is 28.5. The zero-order valence-electron chi connectivity index (χ0n) is 22.0. The van der Waals surface area contributed by atoms with Gasteiger partial charge in [-0.15, -0.1) is 0 Å². The van der Waals surface area contributed by atoms with Crippen molar-refractivity contribution in [1.29, 1.82) is 0 Å². The van der Waals surface area contributed by atoms with Gasteiger partial charge in [0.1, 0.15) is 6.04 Å². The van der Waals surface area contributed by atoms with E-state index in [1.54, 1.807) is 29.2 Å². The summed E-state index contributed by atoms with van der Waals surface area (Å²) in [5, 5.41) is 3.67. The van der Waals surface area contributed by atoms with Gasteiger partial charge in [-0.25, -0.2) is 8.42 Å². The molecule has 7 nitrogen and oxygen atoms in total. The highest BCUT2D eigenvalue weighted by molar-refractivity contribution is 7.92. The molecule has 2 amide bonds. The van der Waals surface area contributed by atoms with Crippen LogP contribution in [0, 0.1) is 6.92 Å². The monoisotopic (exact) mass is 547 g/mol. The predicted molar refractivity (Wildman–Crippen MR) is 149 cm³/mol. The van der Waals surface area contributed by atoms with Crippen molar-refractivity contribution >= 4 is 39.1 Å². The first-order chi connectivity index (χ1) is 17.6.